The number of fused-ring (bicyclic) bond motifs is 3. The molecule has 0 N–H and O–H groups in total. The molecular weight excluding hydrogens is 268 g/mol. The number of aromatic nitrogens is 1. The average molecular weight is 290 g/mol. The largest absolute Gasteiger partial charge is 1.00 e. The van der Waals surface area contributed by atoms with E-state index in [1.807, 2.05) is 0 Å². The van der Waals surface area contributed by atoms with E-state index in [1.54, 1.807) is 11.3 Å². The maximum Gasteiger partial charge on any atom is 0.0516 e. The lowest BCUT2D eigenvalue weighted by Crippen LogP contribution is -3.00. The Labute approximate surface area is 127 Å². The van der Waals surface area contributed by atoms with E-state index in [0.717, 1.165) is 0 Å². The molecule has 0 radical (unpaired) electrons. The number of benzene rings is 1. The summed E-state index contributed by atoms with van der Waals surface area (Å²) < 4.78 is 2.63. The number of likely N-dealkylation sites (N-methyl/N-ethyl adjacent to an activating group) is 1. The van der Waals surface area contributed by atoms with E-state index in [-0.39, 0.29) is 12.4 Å². The summed E-state index contributed by atoms with van der Waals surface area (Å²) in [6, 6.07) is 7.50. The molecule has 108 valence electrons. The number of para-hydroxylation sites is 1. The highest BCUT2D eigenvalue weighted by Crippen LogP contribution is 2.42. The topological polar surface area (TPSA) is 8.17 Å². The van der Waals surface area contributed by atoms with Crippen LogP contribution in [0.3, 0.4) is 0 Å². The van der Waals surface area contributed by atoms with Crippen LogP contribution in [0.4, 0.5) is 0 Å². The normalized spacial score (nSPS) is 21.6. The van der Waals surface area contributed by atoms with Crippen LogP contribution < -0.4 is 12.4 Å². The van der Waals surface area contributed by atoms with Crippen LogP contribution in [0.1, 0.15) is 42.6 Å². The van der Waals surface area contributed by atoms with Gasteiger partial charge in [0.05, 0.1) is 11.6 Å². The first-order chi connectivity index (χ1) is 9.31. The van der Waals surface area contributed by atoms with Gasteiger partial charge in [-0.3, -0.25) is 4.90 Å². The van der Waals surface area contributed by atoms with Crippen LogP contribution in [0.25, 0.3) is 10.9 Å². The van der Waals surface area contributed by atoms with Crippen molar-refractivity contribution >= 4 is 10.9 Å². The van der Waals surface area contributed by atoms with Crippen molar-refractivity contribution in [3.8, 4) is 0 Å². The fourth-order valence-corrected chi connectivity index (χ4v) is 4.29. The molecule has 1 aliphatic carbocycles. The highest BCUT2D eigenvalue weighted by molar-refractivity contribution is 5.88. The van der Waals surface area contributed by atoms with Gasteiger partial charge in [0.1, 0.15) is 0 Å². The maximum atomic E-state index is 2.67. The van der Waals surface area contributed by atoms with Crippen molar-refractivity contribution in [3.05, 3.63) is 35.0 Å². The van der Waals surface area contributed by atoms with Gasteiger partial charge in [-0.25, -0.2) is 0 Å². The molecule has 0 spiro atoms. The van der Waals surface area contributed by atoms with Crippen LogP contribution in [0.5, 0.6) is 0 Å². The van der Waals surface area contributed by atoms with E-state index < -0.39 is 0 Å². The van der Waals surface area contributed by atoms with Crippen LogP contribution >= 0.6 is 0 Å². The summed E-state index contributed by atoms with van der Waals surface area (Å²) in [7, 11) is 0. The van der Waals surface area contributed by atoms with Gasteiger partial charge in [-0.2, -0.15) is 0 Å². The van der Waals surface area contributed by atoms with Gasteiger partial charge in [0.15, 0.2) is 0 Å². The number of hydrogen-bond donors (Lipinski definition) is 0. The van der Waals surface area contributed by atoms with Gasteiger partial charge in [-0.1, -0.05) is 25.1 Å². The second kappa shape index (κ2) is 5.09. The average Bonchev–Trinajstić information content (AvgIpc) is 2.77. The predicted octanol–water partition coefficient (Wildman–Crippen LogP) is 0.667. The van der Waals surface area contributed by atoms with Gasteiger partial charge in [0.25, 0.3) is 0 Å². The summed E-state index contributed by atoms with van der Waals surface area (Å²) in [5.74, 6) is 0. The third-order valence-electron chi connectivity index (χ3n) is 5.11. The zero-order chi connectivity index (χ0) is 13.0. The minimum absolute atomic E-state index is 0. The molecule has 0 saturated carbocycles. The Morgan fingerprint density at radius 2 is 2.10 bits per heavy atom. The summed E-state index contributed by atoms with van der Waals surface area (Å²) in [6.45, 7) is 8.13. The molecule has 0 amide bonds. The first-order valence-electron chi connectivity index (χ1n) is 7.66. The molecule has 4 rings (SSSR count). The highest BCUT2D eigenvalue weighted by atomic mass is 35.5. The van der Waals surface area contributed by atoms with Gasteiger partial charge in [0.2, 0.25) is 0 Å². The molecular formula is C17H22ClN2-. The molecule has 1 atom stereocenters. The van der Waals surface area contributed by atoms with Gasteiger partial charge in [-0.05, 0) is 43.9 Å². The molecule has 20 heavy (non-hydrogen) atoms. The minimum Gasteiger partial charge on any atom is -1.00 e. The lowest BCUT2D eigenvalue weighted by atomic mass is 9.89. The standard InChI is InChI=1S/C17H22N2.ClH/c1-3-18-10-11-19-16-12(2)6-4-7-13(16)14-8-5-9-15(18)17(14)19;/h4,6-7,15H,3,5,8-11H2,1-2H3;1H/p-1. The van der Waals surface area contributed by atoms with Crippen molar-refractivity contribution in [2.45, 2.75) is 45.7 Å². The number of rotatable bonds is 1. The van der Waals surface area contributed by atoms with E-state index in [9.17, 15) is 0 Å². The van der Waals surface area contributed by atoms with E-state index in [1.165, 1.54) is 55.4 Å². The fraction of sp³-hybridized carbons (Fsp3) is 0.529. The third-order valence-corrected chi connectivity index (χ3v) is 5.11. The Hall–Kier alpha value is -0.990. The third kappa shape index (κ3) is 1.74. The molecule has 3 heteroatoms. The van der Waals surface area contributed by atoms with Crippen LogP contribution in [-0.4, -0.2) is 22.6 Å². The summed E-state index contributed by atoms with van der Waals surface area (Å²) in [5.41, 5.74) is 6.24. The van der Waals surface area contributed by atoms with Crippen molar-refractivity contribution in [2.75, 3.05) is 13.1 Å². The van der Waals surface area contributed by atoms with Gasteiger partial charge >= 0.3 is 0 Å². The van der Waals surface area contributed by atoms with Crippen LogP contribution in [0.15, 0.2) is 18.2 Å². The smallest absolute Gasteiger partial charge is 0.0516 e. The van der Waals surface area contributed by atoms with Crippen LogP contribution in [0.2, 0.25) is 0 Å². The molecule has 1 aliphatic heterocycles. The molecule has 2 aliphatic rings. The van der Waals surface area contributed by atoms with Crippen molar-refractivity contribution in [1.29, 1.82) is 0 Å². The highest BCUT2D eigenvalue weighted by Gasteiger charge is 2.34. The van der Waals surface area contributed by atoms with Crippen molar-refractivity contribution in [1.82, 2.24) is 9.47 Å². The first-order valence-corrected chi connectivity index (χ1v) is 7.66. The Kier molecular flexibility index (Phi) is 3.55. The van der Waals surface area contributed by atoms with Crippen molar-refractivity contribution in [3.63, 3.8) is 0 Å². The molecule has 0 saturated heterocycles. The Balaban J connectivity index is 0.00000121. The number of halogens is 1. The Bertz CT molecular complexity index is 644. The minimum atomic E-state index is 0. The van der Waals surface area contributed by atoms with Crippen molar-refractivity contribution in [2.24, 2.45) is 0 Å². The lowest BCUT2D eigenvalue weighted by molar-refractivity contribution is -0.00000396. The zero-order valence-electron chi connectivity index (χ0n) is 12.3. The summed E-state index contributed by atoms with van der Waals surface area (Å²) in [6.07, 6.45) is 3.97. The summed E-state index contributed by atoms with van der Waals surface area (Å²) >= 11 is 0. The van der Waals surface area contributed by atoms with Crippen LogP contribution in [-0.2, 0) is 13.0 Å². The SMILES string of the molecule is CCN1CCn2c3c(c4cccc(C)c42)CCCC31.[Cl-]. The summed E-state index contributed by atoms with van der Waals surface area (Å²) in [5, 5.41) is 1.53. The molecule has 1 aromatic carbocycles. The van der Waals surface area contributed by atoms with Gasteiger partial charge in [0, 0.05) is 24.2 Å². The number of aryl methyl sites for hydroxylation is 2. The molecule has 0 bridgehead atoms. The molecule has 0 fully saturated rings. The molecule has 1 aromatic heterocycles. The summed E-state index contributed by atoms with van der Waals surface area (Å²) in [4.78, 5) is 2.67. The van der Waals surface area contributed by atoms with Crippen molar-refractivity contribution < 1.29 is 12.4 Å². The van der Waals surface area contributed by atoms with E-state index in [2.05, 4.69) is 41.5 Å². The monoisotopic (exact) mass is 289 g/mol. The number of nitrogens with zero attached hydrogens (tertiary/aromatic N) is 2. The second-order valence-electron chi connectivity index (χ2n) is 6.02. The molecule has 2 heterocycles. The Morgan fingerprint density at radius 1 is 1.25 bits per heavy atom. The van der Waals surface area contributed by atoms with E-state index >= 15 is 0 Å². The second-order valence-corrected chi connectivity index (χ2v) is 6.02. The van der Waals surface area contributed by atoms with E-state index in [0.29, 0.717) is 6.04 Å². The fourth-order valence-electron chi connectivity index (χ4n) is 4.29. The van der Waals surface area contributed by atoms with E-state index in [4.69, 9.17) is 0 Å². The predicted molar refractivity (Wildman–Crippen MR) is 79.6 cm³/mol. The molecule has 2 nitrogen and oxygen atoms in total. The van der Waals surface area contributed by atoms with Gasteiger partial charge in [-0.15, -0.1) is 0 Å². The zero-order valence-corrected chi connectivity index (χ0v) is 13.1. The van der Waals surface area contributed by atoms with Gasteiger partial charge < -0.3 is 17.0 Å². The Morgan fingerprint density at radius 3 is 2.90 bits per heavy atom. The maximum absolute atomic E-state index is 2.67. The molecule has 2 aromatic rings. The van der Waals surface area contributed by atoms with Crippen LogP contribution in [0, 0.1) is 6.92 Å². The first kappa shape index (κ1) is 14.0. The lowest BCUT2D eigenvalue weighted by Gasteiger charge is -2.39. The molecule has 1 unspecified atom stereocenters. The quantitative estimate of drug-likeness (QED) is 0.749. The number of hydrogen-bond acceptors (Lipinski definition) is 1.